The van der Waals surface area contributed by atoms with Crippen molar-refractivity contribution in [2.45, 2.75) is 45.6 Å². The zero-order valence-corrected chi connectivity index (χ0v) is 14.2. The van der Waals surface area contributed by atoms with Crippen molar-refractivity contribution in [3.05, 3.63) is 38.3 Å². The quantitative estimate of drug-likeness (QED) is 0.647. The summed E-state index contributed by atoms with van der Waals surface area (Å²) in [4.78, 5) is 10.4. The molecule has 116 valence electrons. The Morgan fingerprint density at radius 2 is 2.14 bits per heavy atom. The summed E-state index contributed by atoms with van der Waals surface area (Å²) in [5.74, 6) is 1.90. The Labute approximate surface area is 134 Å². The fraction of sp³-hybridized carbons (Fsp3) is 0.625. The van der Waals surface area contributed by atoms with Crippen molar-refractivity contribution in [3.63, 3.8) is 0 Å². The molecule has 0 radical (unpaired) electrons. The van der Waals surface area contributed by atoms with E-state index in [2.05, 4.69) is 29.8 Å². The van der Waals surface area contributed by atoms with E-state index in [4.69, 9.17) is 5.73 Å². The average molecular weight is 355 g/mol. The molecular weight excluding hydrogens is 332 g/mol. The van der Waals surface area contributed by atoms with Crippen LogP contribution in [-0.4, -0.2) is 11.0 Å². The van der Waals surface area contributed by atoms with Crippen LogP contribution in [0.3, 0.4) is 0 Å². The normalized spacial score (nSPS) is 26.0. The van der Waals surface area contributed by atoms with Crippen molar-refractivity contribution in [1.82, 2.24) is 0 Å². The van der Waals surface area contributed by atoms with Gasteiger partial charge in [0, 0.05) is 22.6 Å². The summed E-state index contributed by atoms with van der Waals surface area (Å²) < 4.78 is 0.815. The number of hydrogen-bond acceptors (Lipinski definition) is 3. The lowest BCUT2D eigenvalue weighted by molar-refractivity contribution is -0.384. The first kappa shape index (κ1) is 16.4. The molecule has 0 amide bonds. The van der Waals surface area contributed by atoms with Crippen molar-refractivity contribution in [2.75, 3.05) is 0 Å². The van der Waals surface area contributed by atoms with E-state index in [9.17, 15) is 10.1 Å². The molecule has 21 heavy (non-hydrogen) atoms. The topological polar surface area (TPSA) is 69.2 Å². The first-order valence-corrected chi connectivity index (χ1v) is 8.36. The Hall–Kier alpha value is -0.940. The molecule has 1 aromatic rings. The Bertz CT molecular complexity index is 519. The van der Waals surface area contributed by atoms with Crippen molar-refractivity contribution in [3.8, 4) is 0 Å². The molecule has 1 saturated carbocycles. The van der Waals surface area contributed by atoms with Gasteiger partial charge in [-0.2, -0.15) is 0 Å². The summed E-state index contributed by atoms with van der Waals surface area (Å²) in [7, 11) is 0. The van der Waals surface area contributed by atoms with Gasteiger partial charge in [-0.25, -0.2) is 0 Å². The molecule has 1 fully saturated rings. The molecule has 1 aromatic carbocycles. The van der Waals surface area contributed by atoms with Gasteiger partial charge in [-0.05, 0) is 49.0 Å². The van der Waals surface area contributed by atoms with Crippen molar-refractivity contribution < 1.29 is 4.92 Å². The number of non-ortho nitro benzene ring substituents is 1. The minimum Gasteiger partial charge on any atom is -0.327 e. The molecule has 3 atom stereocenters. The van der Waals surface area contributed by atoms with Gasteiger partial charge in [-0.1, -0.05) is 35.8 Å². The van der Waals surface area contributed by atoms with Gasteiger partial charge < -0.3 is 5.73 Å². The van der Waals surface area contributed by atoms with Crippen LogP contribution < -0.4 is 5.73 Å². The third-order valence-electron chi connectivity index (χ3n) is 4.75. The van der Waals surface area contributed by atoms with Gasteiger partial charge in [0.05, 0.1) is 4.92 Å². The smallest absolute Gasteiger partial charge is 0.270 e. The number of nitrogens with zero attached hydrogens (tertiary/aromatic N) is 1. The molecular formula is C16H23BrN2O2. The molecule has 2 rings (SSSR count). The third-order valence-corrected chi connectivity index (χ3v) is 5.49. The van der Waals surface area contributed by atoms with E-state index in [1.54, 1.807) is 12.1 Å². The maximum Gasteiger partial charge on any atom is 0.270 e. The van der Waals surface area contributed by atoms with E-state index in [1.807, 2.05) is 6.07 Å². The molecule has 5 heteroatoms. The highest BCUT2D eigenvalue weighted by atomic mass is 79.9. The number of nitro groups is 1. The number of benzene rings is 1. The zero-order chi connectivity index (χ0) is 15.6. The Morgan fingerprint density at radius 3 is 2.71 bits per heavy atom. The average Bonchev–Trinajstić information content (AvgIpc) is 2.42. The van der Waals surface area contributed by atoms with E-state index < -0.39 is 0 Å². The fourth-order valence-electron chi connectivity index (χ4n) is 3.26. The maximum atomic E-state index is 10.8. The van der Waals surface area contributed by atoms with E-state index in [0.717, 1.165) is 35.2 Å². The molecule has 0 bridgehead atoms. The second-order valence-corrected chi connectivity index (χ2v) is 7.33. The lowest BCUT2D eigenvalue weighted by Crippen LogP contribution is -2.38. The molecule has 1 aliphatic rings. The number of nitrogens with two attached hydrogens (primary N) is 1. The second-order valence-electron chi connectivity index (χ2n) is 6.48. The largest absolute Gasteiger partial charge is 0.327 e. The number of halogens is 1. The van der Waals surface area contributed by atoms with Crippen LogP contribution in [0.5, 0.6) is 0 Å². The highest BCUT2D eigenvalue weighted by Gasteiger charge is 2.30. The first-order valence-electron chi connectivity index (χ1n) is 7.57. The van der Waals surface area contributed by atoms with Gasteiger partial charge >= 0.3 is 0 Å². The molecule has 0 saturated heterocycles. The van der Waals surface area contributed by atoms with Crippen LogP contribution in [-0.2, 0) is 6.42 Å². The predicted molar refractivity (Wildman–Crippen MR) is 88.1 cm³/mol. The van der Waals surface area contributed by atoms with Gasteiger partial charge in [-0.3, -0.25) is 10.1 Å². The van der Waals surface area contributed by atoms with Gasteiger partial charge in [0.1, 0.15) is 0 Å². The van der Waals surface area contributed by atoms with Crippen LogP contribution in [0.1, 0.15) is 38.7 Å². The summed E-state index contributed by atoms with van der Waals surface area (Å²) in [6.45, 7) is 4.56. The standard InChI is InChI=1S/C16H23BrN2O2/c1-10(2)11-4-6-16(18)13(7-11)8-12-3-5-14(19(20)21)9-15(12)17/h3,5,9-11,13,16H,4,6-8,18H2,1-2H3. The highest BCUT2D eigenvalue weighted by Crippen LogP contribution is 2.36. The van der Waals surface area contributed by atoms with Crippen molar-refractivity contribution >= 4 is 21.6 Å². The van der Waals surface area contributed by atoms with Gasteiger partial charge in [0.15, 0.2) is 0 Å². The zero-order valence-electron chi connectivity index (χ0n) is 12.6. The molecule has 4 nitrogen and oxygen atoms in total. The Morgan fingerprint density at radius 1 is 1.43 bits per heavy atom. The van der Waals surface area contributed by atoms with E-state index >= 15 is 0 Å². The lowest BCUT2D eigenvalue weighted by atomic mass is 9.72. The van der Waals surface area contributed by atoms with Gasteiger partial charge in [-0.15, -0.1) is 0 Å². The van der Waals surface area contributed by atoms with Crippen LogP contribution in [0.2, 0.25) is 0 Å². The highest BCUT2D eigenvalue weighted by molar-refractivity contribution is 9.10. The van der Waals surface area contributed by atoms with E-state index in [1.165, 1.54) is 6.42 Å². The summed E-state index contributed by atoms with van der Waals surface area (Å²) in [5, 5.41) is 10.8. The number of rotatable bonds is 4. The van der Waals surface area contributed by atoms with Crippen LogP contribution >= 0.6 is 15.9 Å². The molecule has 0 aliphatic heterocycles. The monoisotopic (exact) mass is 354 g/mol. The lowest BCUT2D eigenvalue weighted by Gasteiger charge is -2.36. The molecule has 1 aliphatic carbocycles. The van der Waals surface area contributed by atoms with E-state index in [-0.39, 0.29) is 16.7 Å². The fourth-order valence-corrected chi connectivity index (χ4v) is 3.79. The molecule has 0 aromatic heterocycles. The van der Waals surface area contributed by atoms with Gasteiger partial charge in [0.2, 0.25) is 0 Å². The summed E-state index contributed by atoms with van der Waals surface area (Å²) >= 11 is 3.46. The van der Waals surface area contributed by atoms with Crippen molar-refractivity contribution in [1.29, 1.82) is 0 Å². The predicted octanol–water partition coefficient (Wildman–Crippen LogP) is 4.30. The minimum atomic E-state index is -0.365. The summed E-state index contributed by atoms with van der Waals surface area (Å²) in [6, 6.07) is 5.26. The van der Waals surface area contributed by atoms with Crippen molar-refractivity contribution in [2.24, 2.45) is 23.5 Å². The van der Waals surface area contributed by atoms with Crippen LogP contribution in [0, 0.1) is 27.9 Å². The van der Waals surface area contributed by atoms with E-state index in [0.29, 0.717) is 11.8 Å². The molecule has 0 heterocycles. The van der Waals surface area contributed by atoms with Crippen LogP contribution in [0.25, 0.3) is 0 Å². The molecule has 2 N–H and O–H groups in total. The maximum absolute atomic E-state index is 10.8. The van der Waals surface area contributed by atoms with Crippen LogP contribution in [0.15, 0.2) is 22.7 Å². The SMILES string of the molecule is CC(C)C1CCC(N)C(Cc2ccc([N+](=O)[O-])cc2Br)C1. The summed E-state index contributed by atoms with van der Waals surface area (Å²) in [5.41, 5.74) is 7.53. The second kappa shape index (κ2) is 6.88. The molecule has 3 unspecified atom stereocenters. The minimum absolute atomic E-state index is 0.124. The molecule has 0 spiro atoms. The first-order chi connectivity index (χ1) is 9.88. The summed E-state index contributed by atoms with van der Waals surface area (Å²) in [6.07, 6.45) is 4.35. The Kier molecular flexibility index (Phi) is 5.38. The Balaban J connectivity index is 2.11. The third kappa shape index (κ3) is 4.04. The van der Waals surface area contributed by atoms with Gasteiger partial charge in [0.25, 0.3) is 5.69 Å². The number of nitro benzene ring substituents is 1. The van der Waals surface area contributed by atoms with Crippen LogP contribution in [0.4, 0.5) is 5.69 Å². The number of hydrogen-bond donors (Lipinski definition) is 1.